The zero-order chi connectivity index (χ0) is 21.3. The van der Waals surface area contributed by atoms with Gasteiger partial charge in [-0.25, -0.2) is 8.42 Å². The molecule has 1 aliphatic heterocycles. The van der Waals surface area contributed by atoms with Gasteiger partial charge in [-0.2, -0.15) is 0 Å². The van der Waals surface area contributed by atoms with Gasteiger partial charge in [-0.05, 0) is 44.7 Å². The van der Waals surface area contributed by atoms with E-state index in [9.17, 15) is 13.2 Å². The Morgan fingerprint density at radius 3 is 2.63 bits per heavy atom. The Kier molecular flexibility index (Phi) is 6.20. The molecule has 1 aromatic heterocycles. The Hall–Kier alpha value is -1.87. The van der Waals surface area contributed by atoms with E-state index in [4.69, 9.17) is 0 Å². The first-order chi connectivity index (χ1) is 14.3. The molecule has 2 aliphatic rings. The summed E-state index contributed by atoms with van der Waals surface area (Å²) in [6, 6.07) is 6.16. The van der Waals surface area contributed by atoms with Crippen molar-refractivity contribution in [1.29, 1.82) is 0 Å². The SMILES string of the molecule is Cc1ccc(-n2cnnc2SCC(=O)N(C2CCCC2)C2CCS(=O)(=O)C2)c(C)c1. The lowest BCUT2D eigenvalue weighted by molar-refractivity contribution is -0.132. The second kappa shape index (κ2) is 8.70. The first-order valence-corrected chi connectivity index (χ1v) is 13.3. The van der Waals surface area contributed by atoms with Gasteiger partial charge in [0.15, 0.2) is 15.0 Å². The topological polar surface area (TPSA) is 85.2 Å². The molecule has 1 unspecified atom stereocenters. The summed E-state index contributed by atoms with van der Waals surface area (Å²) in [6.45, 7) is 4.10. The third-order valence-electron chi connectivity index (χ3n) is 6.06. The lowest BCUT2D eigenvalue weighted by Gasteiger charge is -2.34. The Balaban J connectivity index is 1.50. The molecular formula is C21H28N4O3S2. The standard InChI is InChI=1S/C21H28N4O3S2/c1-15-7-8-19(16(2)11-15)24-14-22-23-21(24)29-12-20(26)25(17-5-3-4-6-17)18-9-10-30(27,28)13-18/h7-8,11,14,17-18H,3-6,9-10,12-13H2,1-2H3. The van der Waals surface area contributed by atoms with Crippen molar-refractivity contribution >= 4 is 27.5 Å². The minimum Gasteiger partial charge on any atom is -0.335 e. The highest BCUT2D eigenvalue weighted by atomic mass is 32.2. The van der Waals surface area contributed by atoms with Gasteiger partial charge in [0.1, 0.15) is 6.33 Å². The number of amides is 1. The van der Waals surface area contributed by atoms with Gasteiger partial charge in [-0.15, -0.1) is 10.2 Å². The van der Waals surface area contributed by atoms with Crippen LogP contribution in [-0.2, 0) is 14.6 Å². The van der Waals surface area contributed by atoms with Crippen molar-refractivity contribution in [3.63, 3.8) is 0 Å². The van der Waals surface area contributed by atoms with Gasteiger partial charge in [0.2, 0.25) is 5.91 Å². The van der Waals surface area contributed by atoms with Crippen LogP contribution in [0.3, 0.4) is 0 Å². The van der Waals surface area contributed by atoms with Gasteiger partial charge in [0, 0.05) is 12.1 Å². The number of hydrogen-bond donors (Lipinski definition) is 0. The van der Waals surface area contributed by atoms with E-state index in [0.717, 1.165) is 36.9 Å². The quantitative estimate of drug-likeness (QED) is 0.632. The third-order valence-corrected chi connectivity index (χ3v) is 8.74. The van der Waals surface area contributed by atoms with Crippen molar-refractivity contribution in [2.75, 3.05) is 17.3 Å². The van der Waals surface area contributed by atoms with Crippen LogP contribution >= 0.6 is 11.8 Å². The fourth-order valence-corrected chi connectivity index (χ4v) is 7.15. The number of aromatic nitrogens is 3. The predicted molar refractivity (Wildman–Crippen MR) is 118 cm³/mol. The molecule has 162 valence electrons. The van der Waals surface area contributed by atoms with E-state index in [1.807, 2.05) is 28.5 Å². The molecule has 4 rings (SSSR count). The van der Waals surface area contributed by atoms with Gasteiger partial charge >= 0.3 is 0 Å². The van der Waals surface area contributed by atoms with Crippen LogP contribution in [0.15, 0.2) is 29.7 Å². The Morgan fingerprint density at radius 1 is 1.20 bits per heavy atom. The first-order valence-electron chi connectivity index (χ1n) is 10.5. The number of benzene rings is 1. The van der Waals surface area contributed by atoms with Crippen molar-refractivity contribution < 1.29 is 13.2 Å². The number of rotatable bonds is 6. The van der Waals surface area contributed by atoms with Crippen molar-refractivity contribution in [3.05, 3.63) is 35.7 Å². The maximum atomic E-state index is 13.2. The molecule has 1 aliphatic carbocycles. The van der Waals surface area contributed by atoms with Gasteiger partial charge in [0.25, 0.3) is 0 Å². The minimum absolute atomic E-state index is 0.00387. The van der Waals surface area contributed by atoms with E-state index in [2.05, 4.69) is 23.2 Å². The number of sulfone groups is 1. The molecule has 0 N–H and O–H groups in total. The zero-order valence-electron chi connectivity index (χ0n) is 17.5. The molecular weight excluding hydrogens is 420 g/mol. The molecule has 2 heterocycles. The number of nitrogens with zero attached hydrogens (tertiary/aromatic N) is 4. The fourth-order valence-electron chi connectivity index (χ4n) is 4.65. The molecule has 0 bridgehead atoms. The number of hydrogen-bond acceptors (Lipinski definition) is 6. The maximum absolute atomic E-state index is 13.2. The van der Waals surface area contributed by atoms with Crippen LogP contribution < -0.4 is 0 Å². The molecule has 0 radical (unpaired) electrons. The van der Waals surface area contributed by atoms with Gasteiger partial charge in [-0.1, -0.05) is 42.3 Å². The number of thioether (sulfide) groups is 1. The molecule has 1 atom stereocenters. The summed E-state index contributed by atoms with van der Waals surface area (Å²) in [5, 5.41) is 8.93. The van der Waals surface area contributed by atoms with Crippen LogP contribution in [0.4, 0.5) is 0 Å². The molecule has 0 spiro atoms. The molecule has 7 nitrogen and oxygen atoms in total. The van der Waals surface area contributed by atoms with E-state index in [1.165, 1.54) is 17.3 Å². The average molecular weight is 449 g/mol. The van der Waals surface area contributed by atoms with Gasteiger partial charge in [0.05, 0.1) is 22.9 Å². The number of carbonyl (C=O) groups excluding carboxylic acids is 1. The van der Waals surface area contributed by atoms with Crippen molar-refractivity contribution in [1.82, 2.24) is 19.7 Å². The summed E-state index contributed by atoms with van der Waals surface area (Å²) in [6.07, 6.45) is 6.35. The van der Waals surface area contributed by atoms with Crippen LogP contribution in [0.2, 0.25) is 0 Å². The molecule has 1 saturated carbocycles. The Labute approximate surface area is 182 Å². The summed E-state index contributed by atoms with van der Waals surface area (Å²) in [5.41, 5.74) is 3.30. The van der Waals surface area contributed by atoms with Crippen LogP contribution in [0.1, 0.15) is 43.2 Å². The van der Waals surface area contributed by atoms with Crippen LogP contribution in [-0.4, -0.2) is 63.3 Å². The second-order valence-corrected chi connectivity index (χ2v) is 11.5. The summed E-state index contributed by atoms with van der Waals surface area (Å²) in [5.74, 6) is 0.515. The van der Waals surface area contributed by atoms with Gasteiger partial charge in [-0.3, -0.25) is 9.36 Å². The lowest BCUT2D eigenvalue weighted by Crippen LogP contribution is -2.47. The van der Waals surface area contributed by atoms with E-state index in [-0.39, 0.29) is 35.2 Å². The first kappa shape index (κ1) is 21.4. The van der Waals surface area contributed by atoms with Crippen LogP contribution in [0.5, 0.6) is 0 Å². The minimum atomic E-state index is -3.04. The molecule has 30 heavy (non-hydrogen) atoms. The second-order valence-electron chi connectivity index (χ2n) is 8.36. The summed E-state index contributed by atoms with van der Waals surface area (Å²) in [4.78, 5) is 15.1. The largest absolute Gasteiger partial charge is 0.335 e. The third kappa shape index (κ3) is 4.56. The van der Waals surface area contributed by atoms with E-state index in [1.54, 1.807) is 6.33 Å². The fraction of sp³-hybridized carbons (Fsp3) is 0.571. The summed E-state index contributed by atoms with van der Waals surface area (Å²) >= 11 is 1.36. The van der Waals surface area contributed by atoms with E-state index >= 15 is 0 Å². The smallest absolute Gasteiger partial charge is 0.233 e. The highest BCUT2D eigenvalue weighted by Gasteiger charge is 2.39. The van der Waals surface area contributed by atoms with E-state index in [0.29, 0.717) is 11.6 Å². The highest BCUT2D eigenvalue weighted by molar-refractivity contribution is 7.99. The molecule has 1 saturated heterocycles. The highest BCUT2D eigenvalue weighted by Crippen LogP contribution is 2.31. The number of carbonyl (C=O) groups is 1. The van der Waals surface area contributed by atoms with Gasteiger partial charge < -0.3 is 4.90 Å². The Bertz CT molecular complexity index is 1030. The van der Waals surface area contributed by atoms with Crippen molar-refractivity contribution in [2.45, 2.75) is 63.2 Å². The zero-order valence-corrected chi connectivity index (χ0v) is 19.1. The summed E-state index contributed by atoms with van der Waals surface area (Å²) < 4.78 is 25.9. The van der Waals surface area contributed by atoms with Crippen molar-refractivity contribution in [3.8, 4) is 5.69 Å². The molecule has 1 aromatic carbocycles. The average Bonchev–Trinajstić information content (AvgIpc) is 3.42. The van der Waals surface area contributed by atoms with Crippen LogP contribution in [0, 0.1) is 13.8 Å². The molecule has 2 aromatic rings. The van der Waals surface area contributed by atoms with E-state index < -0.39 is 9.84 Å². The monoisotopic (exact) mass is 448 g/mol. The predicted octanol–water partition coefficient (Wildman–Crippen LogP) is 2.93. The summed E-state index contributed by atoms with van der Waals surface area (Å²) in [7, 11) is -3.04. The lowest BCUT2D eigenvalue weighted by atomic mass is 10.1. The molecule has 1 amide bonds. The molecule has 9 heteroatoms. The van der Waals surface area contributed by atoms with Crippen molar-refractivity contribution in [2.24, 2.45) is 0 Å². The Morgan fingerprint density at radius 2 is 1.97 bits per heavy atom. The molecule has 2 fully saturated rings. The normalized spacial score (nSPS) is 21.2. The number of aryl methyl sites for hydroxylation is 2. The van der Waals surface area contributed by atoms with Crippen LogP contribution in [0.25, 0.3) is 5.69 Å². The maximum Gasteiger partial charge on any atom is 0.233 e.